The Kier molecular flexibility index (Phi) is 16.6. The molecule has 2 unspecified atom stereocenters. The van der Waals surface area contributed by atoms with Crippen molar-refractivity contribution in [1.29, 1.82) is 0 Å². The van der Waals surface area contributed by atoms with Crippen LogP contribution in [0.2, 0.25) is 0 Å². The predicted octanol–water partition coefficient (Wildman–Crippen LogP) is 5.66. The Morgan fingerprint density at radius 2 is 1.59 bits per heavy atom. The van der Waals surface area contributed by atoms with Gasteiger partial charge in [0, 0.05) is 25.0 Å². The second-order valence-electron chi connectivity index (χ2n) is 9.36. The Bertz CT molecular complexity index is 388. The van der Waals surface area contributed by atoms with E-state index in [-0.39, 0.29) is 5.91 Å². The first-order chi connectivity index (χ1) is 14.1. The lowest BCUT2D eigenvalue weighted by Gasteiger charge is -2.19. The summed E-state index contributed by atoms with van der Waals surface area (Å²) in [6.07, 6.45) is 20.7. The fourth-order valence-electron chi connectivity index (χ4n) is 4.47. The zero-order valence-electron chi connectivity index (χ0n) is 19.9. The van der Waals surface area contributed by atoms with Crippen LogP contribution in [0.4, 0.5) is 0 Å². The van der Waals surface area contributed by atoms with Crippen LogP contribution in [0.25, 0.3) is 0 Å². The first-order valence-corrected chi connectivity index (χ1v) is 12.8. The van der Waals surface area contributed by atoms with E-state index < -0.39 is 0 Å². The van der Waals surface area contributed by atoms with Gasteiger partial charge >= 0.3 is 0 Å². The van der Waals surface area contributed by atoms with Gasteiger partial charge in [0.1, 0.15) is 0 Å². The molecule has 0 saturated carbocycles. The van der Waals surface area contributed by atoms with E-state index in [1.807, 2.05) is 0 Å². The fraction of sp³-hybridized carbons (Fsp3) is 0.960. The van der Waals surface area contributed by atoms with Crippen LogP contribution in [-0.4, -0.2) is 49.6 Å². The molecule has 1 fully saturated rings. The van der Waals surface area contributed by atoms with Gasteiger partial charge in [0.15, 0.2) is 0 Å². The molecule has 4 nitrogen and oxygen atoms in total. The average Bonchev–Trinajstić information content (AvgIpc) is 3.10. The second kappa shape index (κ2) is 18.2. The molecular formula is C25H51N3O. The largest absolute Gasteiger partial charge is 0.354 e. The highest BCUT2D eigenvalue weighted by molar-refractivity contribution is 5.76. The van der Waals surface area contributed by atoms with Crippen LogP contribution < -0.4 is 10.6 Å². The van der Waals surface area contributed by atoms with E-state index in [0.29, 0.717) is 12.5 Å². The van der Waals surface area contributed by atoms with Gasteiger partial charge in [-0.3, -0.25) is 4.79 Å². The normalized spacial score (nSPS) is 18.2. The molecule has 1 heterocycles. The van der Waals surface area contributed by atoms with Crippen molar-refractivity contribution in [2.45, 2.75) is 129 Å². The molecule has 0 spiro atoms. The Labute approximate surface area is 182 Å². The van der Waals surface area contributed by atoms with Gasteiger partial charge < -0.3 is 15.5 Å². The van der Waals surface area contributed by atoms with Crippen LogP contribution in [0.3, 0.4) is 0 Å². The van der Waals surface area contributed by atoms with E-state index in [4.69, 9.17) is 0 Å². The van der Waals surface area contributed by atoms with Gasteiger partial charge in [0.25, 0.3) is 0 Å². The molecule has 0 aliphatic carbocycles. The van der Waals surface area contributed by atoms with Crippen molar-refractivity contribution >= 4 is 5.91 Å². The van der Waals surface area contributed by atoms with Crippen LogP contribution in [0, 0.1) is 0 Å². The summed E-state index contributed by atoms with van der Waals surface area (Å²) in [4.78, 5) is 14.5. The van der Waals surface area contributed by atoms with Crippen LogP contribution in [-0.2, 0) is 4.79 Å². The second-order valence-corrected chi connectivity index (χ2v) is 9.36. The number of likely N-dealkylation sites (tertiary alicyclic amines) is 1. The molecule has 1 rings (SSSR count). The van der Waals surface area contributed by atoms with Crippen molar-refractivity contribution in [1.82, 2.24) is 15.5 Å². The highest BCUT2D eigenvalue weighted by atomic mass is 16.1. The minimum absolute atomic E-state index is 0.200. The van der Waals surface area contributed by atoms with Gasteiger partial charge in [0.05, 0.1) is 0 Å². The van der Waals surface area contributed by atoms with Crippen molar-refractivity contribution in [3.8, 4) is 0 Å². The lowest BCUT2D eigenvalue weighted by molar-refractivity contribution is -0.121. The van der Waals surface area contributed by atoms with Gasteiger partial charge in [-0.2, -0.15) is 0 Å². The molecule has 0 aromatic heterocycles. The van der Waals surface area contributed by atoms with Crippen molar-refractivity contribution in [2.75, 3.05) is 26.7 Å². The van der Waals surface area contributed by atoms with E-state index >= 15 is 0 Å². The molecule has 1 saturated heterocycles. The molecule has 0 aromatic rings. The van der Waals surface area contributed by atoms with Crippen molar-refractivity contribution in [3.63, 3.8) is 0 Å². The number of unbranched alkanes of at least 4 members (excludes halogenated alkanes) is 10. The number of nitrogens with one attached hydrogen (secondary N) is 2. The Balaban J connectivity index is 1.83. The van der Waals surface area contributed by atoms with E-state index in [9.17, 15) is 4.79 Å². The topological polar surface area (TPSA) is 44.4 Å². The standard InChI is InChI=1S/C25H51N3O/c1-4-5-6-7-8-9-10-11-12-13-14-16-23(2)27-25(29)19-21-26-20-18-24-17-15-22-28(24)3/h23-24,26H,4-22H2,1-3H3,(H,27,29). The highest BCUT2D eigenvalue weighted by Gasteiger charge is 2.19. The maximum atomic E-state index is 12.1. The Morgan fingerprint density at radius 3 is 2.17 bits per heavy atom. The molecule has 1 aliphatic rings. The maximum absolute atomic E-state index is 12.1. The minimum Gasteiger partial charge on any atom is -0.354 e. The quantitative estimate of drug-likeness (QED) is 0.271. The summed E-state index contributed by atoms with van der Waals surface area (Å²) in [5.41, 5.74) is 0. The average molecular weight is 410 g/mol. The lowest BCUT2D eigenvalue weighted by Crippen LogP contribution is -2.35. The van der Waals surface area contributed by atoms with Gasteiger partial charge in [0.2, 0.25) is 5.91 Å². The molecule has 1 aliphatic heterocycles. The zero-order chi connectivity index (χ0) is 21.2. The summed E-state index contributed by atoms with van der Waals surface area (Å²) in [5, 5.41) is 6.61. The van der Waals surface area contributed by atoms with Gasteiger partial charge in [-0.05, 0) is 52.7 Å². The van der Waals surface area contributed by atoms with E-state index in [0.717, 1.165) is 25.6 Å². The van der Waals surface area contributed by atoms with Crippen LogP contribution in [0.5, 0.6) is 0 Å². The molecule has 172 valence electrons. The molecule has 4 heteroatoms. The molecular weight excluding hydrogens is 358 g/mol. The third kappa shape index (κ3) is 14.9. The van der Waals surface area contributed by atoms with Crippen LogP contribution in [0.15, 0.2) is 0 Å². The van der Waals surface area contributed by atoms with Crippen LogP contribution in [0.1, 0.15) is 117 Å². The van der Waals surface area contributed by atoms with Crippen LogP contribution >= 0.6 is 0 Å². The third-order valence-electron chi connectivity index (χ3n) is 6.50. The summed E-state index contributed by atoms with van der Waals surface area (Å²) in [7, 11) is 2.22. The Morgan fingerprint density at radius 1 is 0.966 bits per heavy atom. The van der Waals surface area contributed by atoms with Gasteiger partial charge in [-0.15, -0.1) is 0 Å². The molecule has 0 aromatic carbocycles. The number of amides is 1. The smallest absolute Gasteiger partial charge is 0.221 e. The first-order valence-electron chi connectivity index (χ1n) is 12.8. The molecule has 2 atom stereocenters. The van der Waals surface area contributed by atoms with Gasteiger partial charge in [-0.25, -0.2) is 0 Å². The minimum atomic E-state index is 0.200. The maximum Gasteiger partial charge on any atom is 0.221 e. The third-order valence-corrected chi connectivity index (χ3v) is 6.50. The number of hydrogen-bond acceptors (Lipinski definition) is 3. The first kappa shape index (κ1) is 26.4. The molecule has 0 bridgehead atoms. The Hall–Kier alpha value is -0.610. The highest BCUT2D eigenvalue weighted by Crippen LogP contribution is 2.17. The number of nitrogens with zero attached hydrogens (tertiary/aromatic N) is 1. The molecule has 1 amide bonds. The zero-order valence-corrected chi connectivity index (χ0v) is 19.9. The van der Waals surface area contributed by atoms with E-state index in [2.05, 4.69) is 36.4 Å². The SMILES string of the molecule is CCCCCCCCCCCCCC(C)NC(=O)CCNCCC1CCCN1C. The lowest BCUT2D eigenvalue weighted by atomic mass is 10.0. The molecule has 0 radical (unpaired) electrons. The summed E-state index contributed by atoms with van der Waals surface area (Å²) in [6.45, 7) is 7.49. The van der Waals surface area contributed by atoms with Crippen molar-refractivity contribution in [2.24, 2.45) is 0 Å². The summed E-state index contributed by atoms with van der Waals surface area (Å²) < 4.78 is 0. The monoisotopic (exact) mass is 409 g/mol. The fourth-order valence-corrected chi connectivity index (χ4v) is 4.47. The van der Waals surface area contributed by atoms with Gasteiger partial charge in [-0.1, -0.05) is 77.6 Å². The number of carbonyl (C=O) groups excluding carboxylic acids is 1. The summed E-state index contributed by atoms with van der Waals surface area (Å²) in [6, 6.07) is 1.05. The number of carbonyl (C=O) groups is 1. The summed E-state index contributed by atoms with van der Waals surface area (Å²) in [5.74, 6) is 0.200. The van der Waals surface area contributed by atoms with E-state index in [1.54, 1.807) is 0 Å². The molecule has 29 heavy (non-hydrogen) atoms. The van der Waals surface area contributed by atoms with E-state index in [1.165, 1.54) is 96.4 Å². The van der Waals surface area contributed by atoms with Crippen molar-refractivity contribution < 1.29 is 4.79 Å². The van der Waals surface area contributed by atoms with Crippen molar-refractivity contribution in [3.05, 3.63) is 0 Å². The summed E-state index contributed by atoms with van der Waals surface area (Å²) >= 11 is 0. The number of rotatable bonds is 19. The molecule has 2 N–H and O–H groups in total. The number of hydrogen-bond donors (Lipinski definition) is 2. The predicted molar refractivity (Wildman–Crippen MR) is 126 cm³/mol.